The lowest BCUT2D eigenvalue weighted by Gasteiger charge is -2.05. The van der Waals surface area contributed by atoms with Gasteiger partial charge in [0.1, 0.15) is 12.4 Å². The van der Waals surface area contributed by atoms with Crippen molar-refractivity contribution in [3.63, 3.8) is 0 Å². The molecule has 3 rings (SSSR count). The molecule has 0 radical (unpaired) electrons. The molecule has 4 heteroatoms. The summed E-state index contributed by atoms with van der Waals surface area (Å²) < 4.78 is 12.4. The summed E-state index contributed by atoms with van der Waals surface area (Å²) in [6.07, 6.45) is 1.67. The molecule has 104 valence electrons. The minimum Gasteiger partial charge on any atom is -0.467 e. The summed E-state index contributed by atoms with van der Waals surface area (Å²) in [4.78, 5) is 1.34. The summed E-state index contributed by atoms with van der Waals surface area (Å²) in [6, 6.07) is 12.3. The molecular formula is C16H17NO2S. The van der Waals surface area contributed by atoms with Gasteiger partial charge in [-0.25, -0.2) is 0 Å². The molecule has 0 saturated heterocycles. The summed E-state index contributed by atoms with van der Waals surface area (Å²) in [7, 11) is 1.97. The van der Waals surface area contributed by atoms with E-state index in [0.717, 1.165) is 12.3 Å². The quantitative estimate of drug-likeness (QED) is 0.746. The third-order valence-electron chi connectivity index (χ3n) is 3.19. The Hall–Kier alpha value is -1.62. The predicted octanol–water partition coefficient (Wildman–Crippen LogP) is 3.93. The zero-order valence-electron chi connectivity index (χ0n) is 11.4. The lowest BCUT2D eigenvalue weighted by Crippen LogP contribution is -2.06. The van der Waals surface area contributed by atoms with Crippen LogP contribution in [0.15, 0.2) is 47.1 Å². The predicted molar refractivity (Wildman–Crippen MR) is 81.8 cm³/mol. The standard InChI is InChI=1S/C16H17NO2S/c1-17-9-16-14(11-18-10-12-5-4-8-19-12)13-6-2-3-7-15(13)20-16/h2-8,17H,9-11H2,1H3. The van der Waals surface area contributed by atoms with Gasteiger partial charge >= 0.3 is 0 Å². The van der Waals surface area contributed by atoms with Crippen molar-refractivity contribution < 1.29 is 9.15 Å². The maximum Gasteiger partial charge on any atom is 0.129 e. The van der Waals surface area contributed by atoms with Crippen LogP contribution in [0.4, 0.5) is 0 Å². The maximum absolute atomic E-state index is 5.80. The van der Waals surface area contributed by atoms with E-state index in [2.05, 4.69) is 29.6 Å². The molecule has 0 fully saturated rings. The number of ether oxygens (including phenoxy) is 1. The SMILES string of the molecule is CNCc1sc2ccccc2c1COCc1ccco1. The molecule has 20 heavy (non-hydrogen) atoms. The number of rotatable bonds is 6. The third kappa shape index (κ3) is 2.77. The highest BCUT2D eigenvalue weighted by atomic mass is 32.1. The molecule has 2 heterocycles. The summed E-state index contributed by atoms with van der Waals surface area (Å²) >= 11 is 1.83. The van der Waals surface area contributed by atoms with E-state index in [1.807, 2.05) is 30.5 Å². The second-order valence-electron chi connectivity index (χ2n) is 4.60. The molecule has 0 spiro atoms. The Morgan fingerprint density at radius 3 is 2.85 bits per heavy atom. The third-order valence-corrected chi connectivity index (χ3v) is 4.40. The van der Waals surface area contributed by atoms with E-state index in [4.69, 9.17) is 9.15 Å². The van der Waals surface area contributed by atoms with E-state index in [9.17, 15) is 0 Å². The zero-order chi connectivity index (χ0) is 13.8. The highest BCUT2D eigenvalue weighted by Crippen LogP contribution is 2.31. The van der Waals surface area contributed by atoms with Crippen molar-refractivity contribution in [2.75, 3.05) is 7.05 Å². The highest BCUT2D eigenvalue weighted by molar-refractivity contribution is 7.19. The van der Waals surface area contributed by atoms with Crippen LogP contribution >= 0.6 is 11.3 Å². The van der Waals surface area contributed by atoms with Gasteiger partial charge in [-0.3, -0.25) is 0 Å². The minimum absolute atomic E-state index is 0.510. The Balaban J connectivity index is 1.79. The smallest absolute Gasteiger partial charge is 0.129 e. The van der Waals surface area contributed by atoms with Crippen LogP contribution in [0.1, 0.15) is 16.2 Å². The van der Waals surface area contributed by atoms with E-state index in [0.29, 0.717) is 13.2 Å². The van der Waals surface area contributed by atoms with Gasteiger partial charge in [0.2, 0.25) is 0 Å². The molecule has 0 aliphatic rings. The molecule has 0 amide bonds. The van der Waals surface area contributed by atoms with E-state index in [-0.39, 0.29) is 0 Å². The molecule has 3 aromatic rings. The number of hydrogen-bond donors (Lipinski definition) is 1. The summed E-state index contributed by atoms with van der Waals surface area (Å²) in [6.45, 7) is 2.00. The molecule has 0 saturated carbocycles. The van der Waals surface area contributed by atoms with Crippen molar-refractivity contribution >= 4 is 21.4 Å². The summed E-state index contributed by atoms with van der Waals surface area (Å²) in [5.41, 5.74) is 1.28. The number of furan rings is 1. The van der Waals surface area contributed by atoms with Crippen molar-refractivity contribution in [1.29, 1.82) is 0 Å². The van der Waals surface area contributed by atoms with Crippen molar-refractivity contribution in [2.45, 2.75) is 19.8 Å². The molecule has 0 aliphatic carbocycles. The Labute approximate surface area is 122 Å². The van der Waals surface area contributed by atoms with E-state index < -0.39 is 0 Å². The normalized spacial score (nSPS) is 11.2. The van der Waals surface area contributed by atoms with Crippen LogP contribution < -0.4 is 5.32 Å². The minimum atomic E-state index is 0.510. The Morgan fingerprint density at radius 2 is 2.05 bits per heavy atom. The first-order valence-corrected chi connectivity index (χ1v) is 7.44. The number of fused-ring (bicyclic) bond motifs is 1. The van der Waals surface area contributed by atoms with Gasteiger partial charge in [0.15, 0.2) is 0 Å². The van der Waals surface area contributed by atoms with Crippen LogP contribution in [0.25, 0.3) is 10.1 Å². The topological polar surface area (TPSA) is 34.4 Å². The van der Waals surface area contributed by atoms with Gasteiger partial charge in [-0.05, 0) is 30.6 Å². The van der Waals surface area contributed by atoms with Crippen LogP contribution in [0, 0.1) is 0 Å². The average Bonchev–Trinajstić information content (AvgIpc) is 3.08. The average molecular weight is 287 g/mol. The van der Waals surface area contributed by atoms with Crippen LogP contribution in [0.2, 0.25) is 0 Å². The lowest BCUT2D eigenvalue weighted by molar-refractivity contribution is 0.0934. The number of benzene rings is 1. The van der Waals surface area contributed by atoms with Crippen LogP contribution in [0.5, 0.6) is 0 Å². The van der Waals surface area contributed by atoms with Crippen LogP contribution in [0.3, 0.4) is 0 Å². The fraction of sp³-hybridized carbons (Fsp3) is 0.250. The Kier molecular flexibility index (Phi) is 4.16. The molecule has 2 aromatic heterocycles. The fourth-order valence-electron chi connectivity index (χ4n) is 2.26. The highest BCUT2D eigenvalue weighted by Gasteiger charge is 2.11. The van der Waals surface area contributed by atoms with Gasteiger partial charge in [-0.2, -0.15) is 0 Å². The maximum atomic E-state index is 5.80. The molecule has 3 nitrogen and oxygen atoms in total. The van der Waals surface area contributed by atoms with Crippen LogP contribution in [-0.4, -0.2) is 7.05 Å². The fourth-order valence-corrected chi connectivity index (χ4v) is 3.48. The molecule has 0 unspecified atom stereocenters. The first-order valence-electron chi connectivity index (χ1n) is 6.62. The van der Waals surface area contributed by atoms with Crippen molar-refractivity contribution in [2.24, 2.45) is 0 Å². The van der Waals surface area contributed by atoms with Gasteiger partial charge in [-0.1, -0.05) is 18.2 Å². The second kappa shape index (κ2) is 6.22. The number of nitrogens with one attached hydrogen (secondary N) is 1. The van der Waals surface area contributed by atoms with E-state index >= 15 is 0 Å². The first-order chi connectivity index (χ1) is 9.88. The number of hydrogen-bond acceptors (Lipinski definition) is 4. The monoisotopic (exact) mass is 287 g/mol. The van der Waals surface area contributed by atoms with E-state index in [1.54, 1.807) is 6.26 Å². The summed E-state index contributed by atoms with van der Waals surface area (Å²) in [5.74, 6) is 0.861. The number of thiophene rings is 1. The molecule has 0 bridgehead atoms. The molecule has 0 atom stereocenters. The summed E-state index contributed by atoms with van der Waals surface area (Å²) in [5, 5.41) is 4.52. The van der Waals surface area contributed by atoms with Crippen molar-refractivity contribution in [3.05, 3.63) is 58.9 Å². The Morgan fingerprint density at radius 1 is 1.15 bits per heavy atom. The van der Waals surface area contributed by atoms with Crippen molar-refractivity contribution in [1.82, 2.24) is 5.32 Å². The lowest BCUT2D eigenvalue weighted by atomic mass is 10.1. The van der Waals surface area contributed by atoms with E-state index in [1.165, 1.54) is 20.5 Å². The van der Waals surface area contributed by atoms with Gasteiger partial charge in [0.25, 0.3) is 0 Å². The van der Waals surface area contributed by atoms with Crippen molar-refractivity contribution in [3.8, 4) is 0 Å². The second-order valence-corrected chi connectivity index (χ2v) is 5.74. The van der Waals surface area contributed by atoms with Gasteiger partial charge in [0, 0.05) is 21.7 Å². The van der Waals surface area contributed by atoms with Gasteiger partial charge < -0.3 is 14.5 Å². The van der Waals surface area contributed by atoms with Crippen LogP contribution in [-0.2, 0) is 24.5 Å². The molecule has 1 N–H and O–H groups in total. The zero-order valence-corrected chi connectivity index (χ0v) is 12.2. The largest absolute Gasteiger partial charge is 0.467 e. The molecule has 0 aliphatic heterocycles. The van der Waals surface area contributed by atoms with Gasteiger partial charge in [0.05, 0.1) is 12.9 Å². The van der Waals surface area contributed by atoms with Gasteiger partial charge in [-0.15, -0.1) is 11.3 Å². The Bertz CT molecular complexity index is 673. The molecular weight excluding hydrogens is 270 g/mol. The first kappa shape index (κ1) is 13.4. The molecule has 1 aromatic carbocycles.